The second-order valence-corrected chi connectivity index (χ2v) is 14.2. The molecule has 0 spiro atoms. The average molecular weight is 633 g/mol. The predicted octanol–water partition coefficient (Wildman–Crippen LogP) is 6.84. The highest BCUT2D eigenvalue weighted by molar-refractivity contribution is 7.92. The summed E-state index contributed by atoms with van der Waals surface area (Å²) in [5, 5.41) is 3.63. The number of aryl methyl sites for hydroxylation is 3. The molecule has 2 amide bonds. The third kappa shape index (κ3) is 8.27. The zero-order valence-electron chi connectivity index (χ0n) is 25.2. The molecule has 3 aromatic rings. The Kier molecular flexibility index (Phi) is 10.7. The lowest BCUT2D eigenvalue weighted by atomic mass is 10.1. The van der Waals surface area contributed by atoms with Gasteiger partial charge in [-0.3, -0.25) is 13.9 Å². The summed E-state index contributed by atoms with van der Waals surface area (Å²) in [6, 6.07) is 16.0. The molecular formula is C32H39Cl2N3O4S. The van der Waals surface area contributed by atoms with E-state index in [2.05, 4.69) is 5.32 Å². The molecule has 0 unspecified atom stereocenters. The predicted molar refractivity (Wildman–Crippen MR) is 171 cm³/mol. The van der Waals surface area contributed by atoms with E-state index < -0.39 is 34.1 Å². The minimum Gasteiger partial charge on any atom is -0.350 e. The van der Waals surface area contributed by atoms with E-state index in [9.17, 15) is 18.0 Å². The Morgan fingerprint density at radius 1 is 0.881 bits per heavy atom. The summed E-state index contributed by atoms with van der Waals surface area (Å²) in [7, 11) is -4.17. The fraction of sp³-hybridized carbons (Fsp3) is 0.375. The first-order chi connectivity index (χ1) is 19.5. The van der Waals surface area contributed by atoms with E-state index in [1.807, 2.05) is 47.6 Å². The second-order valence-electron chi connectivity index (χ2n) is 11.6. The minimum absolute atomic E-state index is 0.0540. The van der Waals surface area contributed by atoms with E-state index in [1.165, 1.54) is 17.0 Å². The van der Waals surface area contributed by atoms with Crippen LogP contribution in [0.3, 0.4) is 0 Å². The molecule has 0 bridgehead atoms. The molecule has 0 aromatic heterocycles. The molecule has 0 aliphatic carbocycles. The number of halogens is 2. The van der Waals surface area contributed by atoms with Crippen molar-refractivity contribution >= 4 is 50.7 Å². The van der Waals surface area contributed by atoms with E-state index in [-0.39, 0.29) is 23.8 Å². The lowest BCUT2D eigenvalue weighted by molar-refractivity contribution is -0.141. The maximum absolute atomic E-state index is 14.3. The molecule has 0 saturated carbocycles. The number of hydrogen-bond acceptors (Lipinski definition) is 4. The third-order valence-electron chi connectivity index (χ3n) is 6.66. The summed E-state index contributed by atoms with van der Waals surface area (Å²) in [5.41, 5.74) is 2.86. The van der Waals surface area contributed by atoms with Gasteiger partial charge in [0.05, 0.1) is 10.6 Å². The molecule has 0 aliphatic rings. The van der Waals surface area contributed by atoms with Gasteiger partial charge in [-0.15, -0.1) is 0 Å². The van der Waals surface area contributed by atoms with Gasteiger partial charge in [0.2, 0.25) is 11.8 Å². The van der Waals surface area contributed by atoms with Crippen molar-refractivity contribution in [1.82, 2.24) is 10.2 Å². The molecule has 3 aromatic carbocycles. The van der Waals surface area contributed by atoms with Crippen LogP contribution in [0.4, 0.5) is 5.69 Å². The second kappa shape index (κ2) is 13.5. The van der Waals surface area contributed by atoms with Crippen LogP contribution in [0.5, 0.6) is 0 Å². The average Bonchev–Trinajstić information content (AvgIpc) is 2.87. The molecule has 0 heterocycles. The zero-order chi connectivity index (χ0) is 31.4. The Balaban J connectivity index is 2.15. The van der Waals surface area contributed by atoms with Gasteiger partial charge < -0.3 is 10.2 Å². The van der Waals surface area contributed by atoms with Crippen LogP contribution in [-0.2, 0) is 26.2 Å². The maximum atomic E-state index is 14.3. The van der Waals surface area contributed by atoms with Crippen LogP contribution >= 0.6 is 23.2 Å². The summed E-state index contributed by atoms with van der Waals surface area (Å²) in [6.45, 7) is 12.3. The number of carbonyl (C=O) groups excluding carboxylic acids is 2. The van der Waals surface area contributed by atoms with Crippen molar-refractivity contribution < 1.29 is 18.0 Å². The molecule has 42 heavy (non-hydrogen) atoms. The van der Waals surface area contributed by atoms with Gasteiger partial charge in [0, 0.05) is 27.7 Å². The number of carbonyl (C=O) groups is 2. The van der Waals surface area contributed by atoms with E-state index in [4.69, 9.17) is 23.2 Å². The number of nitrogens with zero attached hydrogens (tertiary/aromatic N) is 2. The highest BCUT2D eigenvalue weighted by Gasteiger charge is 2.35. The van der Waals surface area contributed by atoms with Crippen LogP contribution < -0.4 is 9.62 Å². The van der Waals surface area contributed by atoms with Gasteiger partial charge in [-0.1, -0.05) is 60.0 Å². The van der Waals surface area contributed by atoms with Gasteiger partial charge in [0.1, 0.15) is 12.6 Å². The minimum atomic E-state index is -4.17. The largest absolute Gasteiger partial charge is 0.350 e. The first-order valence-corrected chi connectivity index (χ1v) is 15.9. The number of hydrogen-bond donors (Lipinski definition) is 1. The fourth-order valence-electron chi connectivity index (χ4n) is 4.69. The SMILES string of the molecule is CC[C@@H](C(=O)NC(C)(C)C)N(Cc1c(Cl)cccc1Cl)C(=O)CN(c1cc(C)cc(C)c1)S(=O)(=O)c1ccc(C)cc1. The van der Waals surface area contributed by atoms with E-state index in [1.54, 1.807) is 49.4 Å². The summed E-state index contributed by atoms with van der Waals surface area (Å²) in [5.74, 6) is -0.933. The van der Waals surface area contributed by atoms with E-state index in [0.29, 0.717) is 21.3 Å². The number of benzene rings is 3. The lowest BCUT2D eigenvalue weighted by Crippen LogP contribution is -2.55. The van der Waals surface area contributed by atoms with Gasteiger partial charge >= 0.3 is 0 Å². The van der Waals surface area contributed by atoms with Crippen LogP contribution in [-0.4, -0.2) is 43.3 Å². The number of rotatable bonds is 10. The lowest BCUT2D eigenvalue weighted by Gasteiger charge is -2.35. The molecule has 1 atom stereocenters. The van der Waals surface area contributed by atoms with Crippen LogP contribution in [0.15, 0.2) is 65.6 Å². The maximum Gasteiger partial charge on any atom is 0.264 e. The standard InChI is InChI=1S/C32H39Cl2N3O4S/c1-8-29(31(39)35-32(5,6)7)36(19-26-27(33)10-9-11-28(26)34)30(38)20-37(24-17-22(3)16-23(4)18-24)42(40,41)25-14-12-21(2)13-15-25/h9-18,29H,8,19-20H2,1-7H3,(H,35,39)/t29-/m0/s1. The summed E-state index contributed by atoms with van der Waals surface area (Å²) in [4.78, 5) is 29.2. The molecule has 0 radical (unpaired) electrons. The first kappa shape index (κ1) is 33.4. The molecule has 10 heteroatoms. The van der Waals surface area contributed by atoms with Crippen LogP contribution in [0.2, 0.25) is 10.0 Å². The van der Waals surface area contributed by atoms with Crippen molar-refractivity contribution in [2.75, 3.05) is 10.8 Å². The molecular weight excluding hydrogens is 593 g/mol. The Labute approximate surface area is 259 Å². The third-order valence-corrected chi connectivity index (χ3v) is 9.15. The molecule has 3 rings (SSSR count). The smallest absolute Gasteiger partial charge is 0.264 e. The van der Waals surface area contributed by atoms with Crippen LogP contribution in [0, 0.1) is 20.8 Å². The van der Waals surface area contributed by atoms with Crippen molar-refractivity contribution in [3.8, 4) is 0 Å². The molecule has 1 N–H and O–H groups in total. The topological polar surface area (TPSA) is 86.8 Å². The number of sulfonamides is 1. The molecule has 7 nitrogen and oxygen atoms in total. The highest BCUT2D eigenvalue weighted by atomic mass is 35.5. The van der Waals surface area contributed by atoms with Crippen molar-refractivity contribution in [2.45, 2.75) is 77.9 Å². The van der Waals surface area contributed by atoms with Crippen molar-refractivity contribution in [3.05, 3.63) is 93.0 Å². The number of amides is 2. The Bertz CT molecular complexity index is 1510. The Hall–Kier alpha value is -3.07. The summed E-state index contributed by atoms with van der Waals surface area (Å²) in [6.07, 6.45) is 0.282. The zero-order valence-corrected chi connectivity index (χ0v) is 27.5. The van der Waals surface area contributed by atoms with Crippen LogP contribution in [0.25, 0.3) is 0 Å². The van der Waals surface area contributed by atoms with E-state index >= 15 is 0 Å². The van der Waals surface area contributed by atoms with Crippen molar-refractivity contribution in [2.24, 2.45) is 0 Å². The Morgan fingerprint density at radius 2 is 1.43 bits per heavy atom. The van der Waals surface area contributed by atoms with Crippen molar-refractivity contribution in [1.29, 1.82) is 0 Å². The van der Waals surface area contributed by atoms with Gasteiger partial charge in [0.15, 0.2) is 0 Å². The molecule has 0 aliphatic heterocycles. The summed E-state index contributed by atoms with van der Waals surface area (Å²) < 4.78 is 29.3. The normalized spacial score (nSPS) is 12.5. The van der Waals surface area contributed by atoms with Gasteiger partial charge in [-0.05, 0) is 95.5 Å². The first-order valence-electron chi connectivity index (χ1n) is 13.8. The Morgan fingerprint density at radius 3 is 1.93 bits per heavy atom. The summed E-state index contributed by atoms with van der Waals surface area (Å²) >= 11 is 13.0. The monoisotopic (exact) mass is 631 g/mol. The van der Waals surface area contributed by atoms with Gasteiger partial charge in [0.25, 0.3) is 10.0 Å². The molecule has 0 saturated heterocycles. The number of nitrogens with one attached hydrogen (secondary N) is 1. The van der Waals surface area contributed by atoms with Gasteiger partial charge in [-0.2, -0.15) is 0 Å². The molecule has 226 valence electrons. The fourth-order valence-corrected chi connectivity index (χ4v) is 6.60. The highest BCUT2D eigenvalue weighted by Crippen LogP contribution is 2.29. The van der Waals surface area contributed by atoms with Gasteiger partial charge in [-0.25, -0.2) is 8.42 Å². The van der Waals surface area contributed by atoms with Crippen molar-refractivity contribution in [3.63, 3.8) is 0 Å². The molecule has 0 fully saturated rings. The van der Waals surface area contributed by atoms with E-state index in [0.717, 1.165) is 21.0 Å². The number of anilines is 1. The quantitative estimate of drug-likeness (QED) is 0.265. The van der Waals surface area contributed by atoms with Crippen LogP contribution in [0.1, 0.15) is 56.4 Å².